The molecule has 1 saturated carbocycles. The maximum absolute atomic E-state index is 10.4. The minimum absolute atomic E-state index is 0. The van der Waals surface area contributed by atoms with Crippen molar-refractivity contribution in [1.82, 2.24) is 0 Å². The zero-order chi connectivity index (χ0) is 6.69. The van der Waals surface area contributed by atoms with Gasteiger partial charge < -0.3 is 5.11 Å². The van der Waals surface area contributed by atoms with Crippen molar-refractivity contribution in [3.05, 3.63) is 0 Å². The van der Waals surface area contributed by atoms with Crippen molar-refractivity contribution in [2.45, 2.75) is 32.1 Å². The van der Waals surface area contributed by atoms with Gasteiger partial charge in [0.2, 0.25) is 0 Å². The second-order valence-electron chi connectivity index (χ2n) is 2.67. The summed E-state index contributed by atoms with van der Waals surface area (Å²) in [6.07, 6.45) is 5.24. The molecule has 1 aliphatic carbocycles. The SMILES string of the molecule is O=C(O)C1CCCCC1.[PbH2]. The van der Waals surface area contributed by atoms with Gasteiger partial charge in [-0.3, -0.25) is 4.79 Å². The van der Waals surface area contributed by atoms with Crippen LogP contribution in [0.4, 0.5) is 0 Å². The van der Waals surface area contributed by atoms with Crippen LogP contribution in [-0.4, -0.2) is 38.4 Å². The molecule has 3 heteroatoms. The van der Waals surface area contributed by atoms with Crippen LogP contribution in [-0.2, 0) is 4.79 Å². The Kier molecular flexibility index (Phi) is 5.30. The topological polar surface area (TPSA) is 37.3 Å². The standard InChI is InChI=1S/C7H12O2.Pb.2H/c8-7(9)6-4-2-1-3-5-6;;;/h6H,1-5H2,(H,8,9);;;. The molecule has 1 fully saturated rings. The molecule has 58 valence electrons. The number of hydrogen-bond acceptors (Lipinski definition) is 1. The first kappa shape index (κ1) is 10.4. The molecule has 0 aromatic rings. The summed E-state index contributed by atoms with van der Waals surface area (Å²) in [6, 6.07) is 0. The van der Waals surface area contributed by atoms with Gasteiger partial charge >= 0.3 is 33.3 Å². The van der Waals surface area contributed by atoms with Crippen LogP contribution in [0.25, 0.3) is 0 Å². The number of carbonyl (C=O) groups is 1. The quantitative estimate of drug-likeness (QED) is 0.717. The van der Waals surface area contributed by atoms with Crippen molar-refractivity contribution < 1.29 is 9.90 Å². The second-order valence-corrected chi connectivity index (χ2v) is 2.67. The van der Waals surface area contributed by atoms with Crippen LogP contribution in [0, 0.1) is 5.92 Å². The van der Waals surface area contributed by atoms with E-state index >= 15 is 0 Å². The van der Waals surface area contributed by atoms with Gasteiger partial charge in [0.15, 0.2) is 0 Å². The van der Waals surface area contributed by atoms with Gasteiger partial charge in [-0.25, -0.2) is 0 Å². The third-order valence-corrected chi connectivity index (χ3v) is 1.95. The zero-order valence-electron chi connectivity index (χ0n) is 6.18. The number of carboxylic acid groups (broad SMARTS) is 1. The maximum atomic E-state index is 10.4. The van der Waals surface area contributed by atoms with Crippen molar-refractivity contribution in [1.29, 1.82) is 0 Å². The molecule has 2 nitrogen and oxygen atoms in total. The first-order chi connectivity index (χ1) is 4.30. The van der Waals surface area contributed by atoms with Crippen LogP contribution < -0.4 is 0 Å². The van der Waals surface area contributed by atoms with Gasteiger partial charge in [0.25, 0.3) is 0 Å². The predicted octanol–water partition coefficient (Wildman–Crippen LogP) is 0.735. The van der Waals surface area contributed by atoms with Gasteiger partial charge in [0.1, 0.15) is 0 Å². The Balaban J connectivity index is 0.000000810. The van der Waals surface area contributed by atoms with Gasteiger partial charge in [0.05, 0.1) is 5.92 Å². The third kappa shape index (κ3) is 2.99. The summed E-state index contributed by atoms with van der Waals surface area (Å²) in [5.74, 6) is -0.631. The van der Waals surface area contributed by atoms with E-state index in [4.69, 9.17) is 5.11 Å². The molecule has 2 radical (unpaired) electrons. The monoisotopic (exact) mass is 338 g/mol. The Hall–Kier alpha value is 0.392. The Labute approximate surface area is 81.2 Å². The molecule has 0 amide bonds. The third-order valence-electron chi connectivity index (χ3n) is 1.95. The molecule has 0 heterocycles. The van der Waals surface area contributed by atoms with E-state index in [-0.39, 0.29) is 33.2 Å². The van der Waals surface area contributed by atoms with Crippen molar-refractivity contribution in [2.75, 3.05) is 0 Å². The van der Waals surface area contributed by atoms with E-state index in [0.29, 0.717) is 0 Å². The first-order valence-electron chi connectivity index (χ1n) is 3.53. The molecule has 0 spiro atoms. The summed E-state index contributed by atoms with van der Waals surface area (Å²) in [4.78, 5) is 10.4. The molecule has 1 N–H and O–H groups in total. The minimum atomic E-state index is -0.602. The van der Waals surface area contributed by atoms with Crippen LogP contribution in [0.3, 0.4) is 0 Å². The first-order valence-corrected chi connectivity index (χ1v) is 3.53. The molecular formula is C7H14O2Pb. The zero-order valence-corrected chi connectivity index (χ0v) is 11.7. The molecule has 0 aliphatic heterocycles. The van der Waals surface area contributed by atoms with E-state index in [1.165, 1.54) is 6.42 Å². The Bertz CT molecular complexity index is 108. The van der Waals surface area contributed by atoms with Crippen molar-refractivity contribution in [3.63, 3.8) is 0 Å². The summed E-state index contributed by atoms with van der Waals surface area (Å²) >= 11 is 0. The van der Waals surface area contributed by atoms with Crippen molar-refractivity contribution >= 4 is 33.3 Å². The van der Waals surface area contributed by atoms with Crippen LogP contribution in [0.2, 0.25) is 0 Å². The van der Waals surface area contributed by atoms with E-state index < -0.39 is 5.97 Å². The van der Waals surface area contributed by atoms with Crippen LogP contribution >= 0.6 is 0 Å². The summed E-state index contributed by atoms with van der Waals surface area (Å²) in [6.45, 7) is 0. The van der Waals surface area contributed by atoms with Gasteiger partial charge in [-0.1, -0.05) is 19.3 Å². The van der Waals surface area contributed by atoms with Crippen LogP contribution in [0.5, 0.6) is 0 Å². The second kappa shape index (κ2) is 5.10. The Morgan fingerprint density at radius 2 is 1.70 bits per heavy atom. The van der Waals surface area contributed by atoms with Gasteiger partial charge in [-0.2, -0.15) is 0 Å². The number of aliphatic carboxylic acids is 1. The van der Waals surface area contributed by atoms with Crippen LogP contribution in [0.1, 0.15) is 32.1 Å². The van der Waals surface area contributed by atoms with Crippen molar-refractivity contribution in [3.8, 4) is 0 Å². The average molecular weight is 337 g/mol. The number of carboxylic acids is 1. The summed E-state index contributed by atoms with van der Waals surface area (Å²) in [5, 5.41) is 8.54. The molecular weight excluding hydrogens is 323 g/mol. The van der Waals surface area contributed by atoms with Crippen molar-refractivity contribution in [2.24, 2.45) is 5.92 Å². The molecule has 0 saturated heterocycles. The van der Waals surface area contributed by atoms with E-state index in [1.807, 2.05) is 0 Å². The Morgan fingerprint density at radius 3 is 2.00 bits per heavy atom. The average Bonchev–Trinajstić information content (AvgIpc) is 1.90. The molecule has 0 unspecified atom stereocenters. The van der Waals surface area contributed by atoms with Crippen LogP contribution in [0.15, 0.2) is 0 Å². The molecule has 0 bridgehead atoms. The summed E-state index contributed by atoms with van der Waals surface area (Å²) in [5.41, 5.74) is 0. The van der Waals surface area contributed by atoms with E-state index in [2.05, 4.69) is 0 Å². The molecule has 0 aromatic carbocycles. The number of rotatable bonds is 1. The fourth-order valence-corrected chi connectivity index (χ4v) is 1.35. The summed E-state index contributed by atoms with van der Waals surface area (Å²) < 4.78 is 0. The van der Waals surface area contributed by atoms with Gasteiger partial charge in [-0.05, 0) is 12.8 Å². The van der Waals surface area contributed by atoms with E-state index in [1.54, 1.807) is 0 Å². The van der Waals surface area contributed by atoms with E-state index in [0.717, 1.165) is 25.7 Å². The predicted molar refractivity (Wildman–Crippen MR) is 42.8 cm³/mol. The van der Waals surface area contributed by atoms with Gasteiger partial charge in [-0.15, -0.1) is 0 Å². The molecule has 10 heavy (non-hydrogen) atoms. The number of hydrogen-bond donors (Lipinski definition) is 1. The molecule has 1 aliphatic rings. The Morgan fingerprint density at radius 1 is 1.20 bits per heavy atom. The summed E-state index contributed by atoms with van der Waals surface area (Å²) in [7, 11) is 0. The fraction of sp³-hybridized carbons (Fsp3) is 0.857. The molecule has 0 aromatic heterocycles. The molecule has 1 rings (SSSR count). The van der Waals surface area contributed by atoms with Gasteiger partial charge in [0, 0.05) is 0 Å². The fourth-order valence-electron chi connectivity index (χ4n) is 1.35. The van der Waals surface area contributed by atoms with E-state index in [9.17, 15) is 4.79 Å². The molecule has 0 atom stereocenters. The normalized spacial score (nSPS) is 19.6.